The second-order valence-electron chi connectivity index (χ2n) is 9.62. The van der Waals surface area contributed by atoms with E-state index in [1.807, 2.05) is 53.4 Å². The van der Waals surface area contributed by atoms with E-state index in [4.69, 9.17) is 9.72 Å². The molecule has 1 amide bonds. The van der Waals surface area contributed by atoms with E-state index in [1.54, 1.807) is 11.7 Å². The summed E-state index contributed by atoms with van der Waals surface area (Å²) in [5.74, 6) is 0.925. The molecule has 1 aliphatic heterocycles. The molecule has 3 aromatic carbocycles. The predicted octanol–water partition coefficient (Wildman–Crippen LogP) is 4.29. The van der Waals surface area contributed by atoms with Gasteiger partial charge in [-0.15, -0.1) is 0 Å². The molecule has 0 spiro atoms. The number of ether oxygens (including phenoxy) is 1. The number of nitrogens with one attached hydrogen (secondary N) is 1. The Bertz CT molecular complexity index is 1460. The third kappa shape index (κ3) is 5.35. The molecule has 1 unspecified atom stereocenters. The molecular formula is C30H32N4O3. The van der Waals surface area contributed by atoms with E-state index in [9.17, 15) is 9.59 Å². The van der Waals surface area contributed by atoms with Crippen LogP contribution in [0.5, 0.6) is 5.75 Å². The van der Waals surface area contributed by atoms with Gasteiger partial charge in [-0.3, -0.25) is 14.2 Å². The van der Waals surface area contributed by atoms with Crippen molar-refractivity contribution >= 4 is 22.8 Å². The topological polar surface area (TPSA) is 76.5 Å². The number of methoxy groups -OCH3 is 1. The smallest absolute Gasteiger partial charge is 0.294 e. The summed E-state index contributed by atoms with van der Waals surface area (Å²) < 4.78 is 7.20. The average molecular weight is 497 g/mol. The van der Waals surface area contributed by atoms with E-state index in [0.29, 0.717) is 32.0 Å². The predicted molar refractivity (Wildman–Crippen MR) is 146 cm³/mol. The van der Waals surface area contributed by atoms with Gasteiger partial charge in [0.15, 0.2) is 5.82 Å². The molecule has 5 rings (SSSR count). The first kappa shape index (κ1) is 24.6. The maximum absolute atomic E-state index is 13.8. The number of aromatic nitrogens is 2. The minimum absolute atomic E-state index is 0.0172. The molecule has 1 fully saturated rings. The molecular weight excluding hydrogens is 464 g/mol. The second kappa shape index (κ2) is 10.9. The second-order valence-corrected chi connectivity index (χ2v) is 9.62. The van der Waals surface area contributed by atoms with Crippen molar-refractivity contribution in [2.75, 3.05) is 25.1 Å². The summed E-state index contributed by atoms with van der Waals surface area (Å²) in [6.07, 6.45) is 1.60. The lowest BCUT2D eigenvalue weighted by Gasteiger charge is -2.33. The standard InChI is InChI=1S/C30H32N4O3/c1-21-13-15-22(16-14-21)19-34-26-11-5-4-10-25(26)32-28(30(34)36)33-17-7-9-24(20-33)29(35)31-18-23-8-3-6-12-27(23)37-2/h3-6,8,10-16,24H,7,9,17-20H2,1-2H3,(H,31,35). The number of rotatable bonds is 7. The lowest BCUT2D eigenvalue weighted by Crippen LogP contribution is -2.45. The van der Waals surface area contributed by atoms with Crippen LogP contribution in [-0.2, 0) is 17.9 Å². The third-order valence-corrected chi connectivity index (χ3v) is 7.03. The van der Waals surface area contributed by atoms with Crippen molar-refractivity contribution in [2.45, 2.75) is 32.9 Å². The Kier molecular flexibility index (Phi) is 7.21. The van der Waals surface area contributed by atoms with E-state index in [1.165, 1.54) is 5.56 Å². The first-order chi connectivity index (χ1) is 18.0. The van der Waals surface area contributed by atoms with Crippen molar-refractivity contribution in [3.63, 3.8) is 0 Å². The van der Waals surface area contributed by atoms with E-state index >= 15 is 0 Å². The number of benzene rings is 3. The molecule has 7 heteroatoms. The van der Waals surface area contributed by atoms with E-state index in [0.717, 1.165) is 40.8 Å². The molecule has 7 nitrogen and oxygen atoms in total. The van der Waals surface area contributed by atoms with Crippen molar-refractivity contribution in [1.29, 1.82) is 0 Å². The number of anilines is 1. The van der Waals surface area contributed by atoms with Crippen LogP contribution in [0.1, 0.15) is 29.5 Å². The zero-order valence-corrected chi connectivity index (χ0v) is 21.3. The minimum atomic E-state index is -0.221. The molecule has 1 atom stereocenters. The van der Waals surface area contributed by atoms with E-state index in [2.05, 4.69) is 36.5 Å². The summed E-state index contributed by atoms with van der Waals surface area (Å²) in [6, 6.07) is 23.6. The summed E-state index contributed by atoms with van der Waals surface area (Å²) in [5.41, 5.74) is 4.62. The van der Waals surface area contributed by atoms with Gasteiger partial charge in [-0.1, -0.05) is 60.2 Å². The fraction of sp³-hybridized carbons (Fsp3) is 0.300. The van der Waals surface area contributed by atoms with Crippen LogP contribution in [0.2, 0.25) is 0 Å². The number of hydrogen-bond donors (Lipinski definition) is 1. The number of piperidine rings is 1. The van der Waals surface area contributed by atoms with Crippen LogP contribution in [-0.4, -0.2) is 35.7 Å². The Hall–Kier alpha value is -4.13. The van der Waals surface area contributed by atoms with Gasteiger partial charge in [0, 0.05) is 25.2 Å². The fourth-order valence-electron chi connectivity index (χ4n) is 4.98. The fourth-order valence-corrected chi connectivity index (χ4v) is 4.98. The maximum Gasteiger partial charge on any atom is 0.294 e. The summed E-state index contributed by atoms with van der Waals surface area (Å²) in [7, 11) is 1.63. The number of carbonyl (C=O) groups excluding carboxylic acids is 1. The molecule has 4 aromatic rings. The minimum Gasteiger partial charge on any atom is -0.496 e. The van der Waals surface area contributed by atoms with Crippen molar-refractivity contribution in [1.82, 2.24) is 14.9 Å². The lowest BCUT2D eigenvalue weighted by atomic mass is 9.97. The van der Waals surface area contributed by atoms with Gasteiger partial charge in [0.25, 0.3) is 5.56 Å². The number of aryl methyl sites for hydroxylation is 1. The molecule has 37 heavy (non-hydrogen) atoms. The van der Waals surface area contributed by atoms with Gasteiger partial charge in [-0.05, 0) is 43.5 Å². The highest BCUT2D eigenvalue weighted by Crippen LogP contribution is 2.23. The molecule has 0 aliphatic carbocycles. The highest BCUT2D eigenvalue weighted by Gasteiger charge is 2.28. The quantitative estimate of drug-likeness (QED) is 0.413. The Balaban J connectivity index is 1.38. The summed E-state index contributed by atoms with van der Waals surface area (Å²) >= 11 is 0. The van der Waals surface area contributed by atoms with Gasteiger partial charge >= 0.3 is 0 Å². The average Bonchev–Trinajstić information content (AvgIpc) is 2.94. The van der Waals surface area contributed by atoms with Crippen LogP contribution in [0.25, 0.3) is 11.0 Å². The Morgan fingerprint density at radius 3 is 2.62 bits per heavy atom. The summed E-state index contributed by atoms with van der Waals surface area (Å²) in [5, 5.41) is 3.06. The molecule has 0 saturated carbocycles. The normalized spacial score (nSPS) is 15.5. The summed E-state index contributed by atoms with van der Waals surface area (Å²) in [4.78, 5) is 33.6. The van der Waals surface area contributed by atoms with Crippen LogP contribution in [0.15, 0.2) is 77.6 Å². The Labute approximate surface area is 216 Å². The molecule has 1 aromatic heterocycles. The lowest BCUT2D eigenvalue weighted by molar-refractivity contribution is -0.125. The highest BCUT2D eigenvalue weighted by atomic mass is 16.5. The van der Waals surface area contributed by atoms with Crippen LogP contribution in [0.3, 0.4) is 0 Å². The van der Waals surface area contributed by atoms with Gasteiger partial charge in [0.2, 0.25) is 5.91 Å². The highest BCUT2D eigenvalue weighted by molar-refractivity contribution is 5.80. The molecule has 2 heterocycles. The zero-order chi connectivity index (χ0) is 25.8. The van der Waals surface area contributed by atoms with Crippen LogP contribution < -0.4 is 20.5 Å². The van der Waals surface area contributed by atoms with Crippen molar-refractivity contribution < 1.29 is 9.53 Å². The number of hydrogen-bond acceptors (Lipinski definition) is 5. The van der Waals surface area contributed by atoms with Gasteiger partial charge < -0.3 is 15.0 Å². The van der Waals surface area contributed by atoms with Gasteiger partial charge in [0.1, 0.15) is 5.75 Å². The first-order valence-electron chi connectivity index (χ1n) is 12.7. The van der Waals surface area contributed by atoms with Crippen molar-refractivity contribution in [2.24, 2.45) is 5.92 Å². The molecule has 0 radical (unpaired) electrons. The van der Waals surface area contributed by atoms with Gasteiger partial charge in [-0.2, -0.15) is 0 Å². The van der Waals surface area contributed by atoms with Crippen LogP contribution >= 0.6 is 0 Å². The number of nitrogens with zero attached hydrogens (tertiary/aromatic N) is 3. The van der Waals surface area contributed by atoms with Gasteiger partial charge in [-0.25, -0.2) is 4.98 Å². The zero-order valence-electron chi connectivity index (χ0n) is 21.3. The molecule has 190 valence electrons. The van der Waals surface area contributed by atoms with Crippen LogP contribution in [0, 0.1) is 12.8 Å². The van der Waals surface area contributed by atoms with Crippen molar-refractivity contribution in [3.05, 3.63) is 99.8 Å². The SMILES string of the molecule is COc1ccccc1CNC(=O)C1CCCN(c2nc3ccccc3n(Cc3ccc(C)cc3)c2=O)C1. The van der Waals surface area contributed by atoms with Gasteiger partial charge in [0.05, 0.1) is 30.6 Å². The summed E-state index contributed by atoms with van der Waals surface area (Å²) in [6.45, 7) is 4.07. The maximum atomic E-state index is 13.8. The van der Waals surface area contributed by atoms with Crippen LogP contribution in [0.4, 0.5) is 5.82 Å². The monoisotopic (exact) mass is 496 g/mol. The Morgan fingerprint density at radius 2 is 1.81 bits per heavy atom. The molecule has 1 N–H and O–H groups in total. The van der Waals surface area contributed by atoms with E-state index < -0.39 is 0 Å². The first-order valence-corrected chi connectivity index (χ1v) is 12.7. The number of carbonyl (C=O) groups is 1. The molecule has 1 saturated heterocycles. The molecule has 1 aliphatic rings. The van der Waals surface area contributed by atoms with Crippen molar-refractivity contribution in [3.8, 4) is 5.75 Å². The molecule has 0 bridgehead atoms. The Morgan fingerprint density at radius 1 is 1.05 bits per heavy atom. The largest absolute Gasteiger partial charge is 0.496 e. The van der Waals surface area contributed by atoms with E-state index in [-0.39, 0.29) is 17.4 Å². The number of para-hydroxylation sites is 3. The number of fused-ring (bicyclic) bond motifs is 1. The third-order valence-electron chi connectivity index (χ3n) is 7.03. The number of amides is 1.